The van der Waals surface area contributed by atoms with Gasteiger partial charge in [0.15, 0.2) is 0 Å². The lowest BCUT2D eigenvalue weighted by molar-refractivity contribution is -0.132. The molecule has 0 atom stereocenters. The summed E-state index contributed by atoms with van der Waals surface area (Å²) in [6.45, 7) is 4.66. The van der Waals surface area contributed by atoms with Crippen molar-refractivity contribution in [3.63, 3.8) is 0 Å². The molecule has 0 spiro atoms. The van der Waals surface area contributed by atoms with Crippen molar-refractivity contribution in [1.29, 1.82) is 0 Å². The molecule has 19 heavy (non-hydrogen) atoms. The van der Waals surface area contributed by atoms with E-state index in [1.807, 2.05) is 29.2 Å². The summed E-state index contributed by atoms with van der Waals surface area (Å²) < 4.78 is 0. The van der Waals surface area contributed by atoms with E-state index >= 15 is 0 Å². The van der Waals surface area contributed by atoms with Gasteiger partial charge in [0.1, 0.15) is 0 Å². The van der Waals surface area contributed by atoms with Gasteiger partial charge in [-0.05, 0) is 17.7 Å². The first kappa shape index (κ1) is 14.8. The molecule has 3 nitrogen and oxygen atoms in total. The second kappa shape index (κ2) is 7.27. The van der Waals surface area contributed by atoms with Gasteiger partial charge in [0.05, 0.1) is 6.42 Å². The Hall–Kier alpha value is -0.580. The normalized spacial score (nSPS) is 16.6. The lowest BCUT2D eigenvalue weighted by atomic mass is 10.1. The molecule has 1 amide bonds. The third-order valence-corrected chi connectivity index (χ3v) is 4.00. The van der Waals surface area contributed by atoms with Crippen molar-refractivity contribution in [1.82, 2.24) is 9.80 Å². The van der Waals surface area contributed by atoms with E-state index in [9.17, 15) is 4.79 Å². The van der Waals surface area contributed by atoms with Crippen LogP contribution >= 0.6 is 27.5 Å². The monoisotopic (exact) mass is 344 g/mol. The molecule has 1 fully saturated rings. The number of amides is 1. The first-order chi connectivity index (χ1) is 9.19. The number of alkyl halides is 1. The van der Waals surface area contributed by atoms with Gasteiger partial charge in [-0.3, -0.25) is 9.69 Å². The summed E-state index contributed by atoms with van der Waals surface area (Å²) in [4.78, 5) is 16.5. The zero-order chi connectivity index (χ0) is 13.7. The number of halogens is 2. The van der Waals surface area contributed by atoms with Crippen LogP contribution in [0.15, 0.2) is 24.3 Å². The third-order valence-electron chi connectivity index (χ3n) is 3.39. The first-order valence-electron chi connectivity index (χ1n) is 6.49. The summed E-state index contributed by atoms with van der Waals surface area (Å²) in [5.74, 6) is 0.209. The molecule has 0 N–H and O–H groups in total. The van der Waals surface area contributed by atoms with Crippen LogP contribution in [-0.2, 0) is 11.2 Å². The van der Waals surface area contributed by atoms with Crippen LogP contribution in [0.1, 0.15) is 5.56 Å². The average Bonchev–Trinajstić information content (AvgIpc) is 2.42. The van der Waals surface area contributed by atoms with Gasteiger partial charge >= 0.3 is 0 Å². The van der Waals surface area contributed by atoms with Crippen LogP contribution in [0, 0.1) is 0 Å². The van der Waals surface area contributed by atoms with Gasteiger partial charge in [0.25, 0.3) is 0 Å². The molecule has 0 aliphatic carbocycles. The van der Waals surface area contributed by atoms with E-state index < -0.39 is 0 Å². The fourth-order valence-corrected chi connectivity index (χ4v) is 2.86. The number of piperazine rings is 1. The Morgan fingerprint density at radius 1 is 1.16 bits per heavy atom. The molecule has 5 heteroatoms. The van der Waals surface area contributed by atoms with Crippen molar-refractivity contribution in [2.75, 3.05) is 38.1 Å². The second-order valence-corrected chi connectivity index (χ2v) is 5.94. The van der Waals surface area contributed by atoms with Gasteiger partial charge in [0.2, 0.25) is 5.91 Å². The first-order valence-corrected chi connectivity index (χ1v) is 7.99. The van der Waals surface area contributed by atoms with Crippen LogP contribution in [0.25, 0.3) is 0 Å². The summed E-state index contributed by atoms with van der Waals surface area (Å²) in [6.07, 6.45) is 0.468. The number of benzene rings is 1. The number of rotatable bonds is 4. The molecule has 104 valence electrons. The number of nitrogens with zero attached hydrogens (tertiary/aromatic N) is 2. The van der Waals surface area contributed by atoms with E-state index in [2.05, 4.69) is 20.8 Å². The van der Waals surface area contributed by atoms with E-state index in [4.69, 9.17) is 11.6 Å². The highest BCUT2D eigenvalue weighted by molar-refractivity contribution is 9.09. The predicted molar refractivity (Wildman–Crippen MR) is 82.0 cm³/mol. The molecular weight excluding hydrogens is 328 g/mol. The Bertz CT molecular complexity index is 416. The topological polar surface area (TPSA) is 23.6 Å². The van der Waals surface area contributed by atoms with Crippen LogP contribution in [0.2, 0.25) is 5.02 Å². The lowest BCUT2D eigenvalue weighted by Gasteiger charge is -2.34. The summed E-state index contributed by atoms with van der Waals surface area (Å²) in [7, 11) is 0. The molecule has 0 saturated carbocycles. The number of hydrogen-bond donors (Lipinski definition) is 0. The predicted octanol–water partition coefficient (Wildman–Crippen LogP) is 2.42. The summed E-state index contributed by atoms with van der Waals surface area (Å²) >= 11 is 9.28. The molecule has 1 heterocycles. The summed E-state index contributed by atoms with van der Waals surface area (Å²) in [5.41, 5.74) is 1.03. The number of hydrogen-bond acceptors (Lipinski definition) is 2. The van der Waals surface area contributed by atoms with Crippen molar-refractivity contribution in [3.8, 4) is 0 Å². The van der Waals surface area contributed by atoms with Gasteiger partial charge in [-0.2, -0.15) is 0 Å². The zero-order valence-electron chi connectivity index (χ0n) is 10.8. The SMILES string of the molecule is O=C(Cc1ccc(Cl)cc1)N1CCN(CCBr)CC1. The molecule has 0 unspecified atom stereocenters. The third kappa shape index (κ3) is 4.48. The number of carbonyl (C=O) groups is 1. The Morgan fingerprint density at radius 2 is 1.79 bits per heavy atom. The smallest absolute Gasteiger partial charge is 0.227 e. The standard InChI is InChI=1S/C14H18BrClN2O/c15-5-6-17-7-9-18(10-8-17)14(19)11-12-1-3-13(16)4-2-12/h1-4H,5-11H2. The van der Waals surface area contributed by atoms with Crippen LogP contribution in [0.5, 0.6) is 0 Å². The highest BCUT2D eigenvalue weighted by Crippen LogP contribution is 2.11. The minimum Gasteiger partial charge on any atom is -0.340 e. The van der Waals surface area contributed by atoms with Gasteiger partial charge in [-0.1, -0.05) is 39.7 Å². The van der Waals surface area contributed by atoms with Crippen molar-refractivity contribution in [2.24, 2.45) is 0 Å². The maximum absolute atomic E-state index is 12.2. The highest BCUT2D eigenvalue weighted by Gasteiger charge is 2.20. The van der Waals surface area contributed by atoms with Crippen molar-refractivity contribution in [3.05, 3.63) is 34.9 Å². The molecule has 0 aromatic heterocycles. The maximum Gasteiger partial charge on any atom is 0.227 e. The zero-order valence-corrected chi connectivity index (χ0v) is 13.2. The summed E-state index contributed by atoms with van der Waals surface area (Å²) in [6, 6.07) is 7.50. The van der Waals surface area contributed by atoms with E-state index in [-0.39, 0.29) is 5.91 Å². The van der Waals surface area contributed by atoms with Gasteiger partial charge in [0, 0.05) is 43.1 Å². The van der Waals surface area contributed by atoms with E-state index in [0.717, 1.165) is 43.6 Å². The van der Waals surface area contributed by atoms with Gasteiger partial charge in [-0.25, -0.2) is 0 Å². The van der Waals surface area contributed by atoms with Crippen molar-refractivity contribution >= 4 is 33.4 Å². The number of carbonyl (C=O) groups excluding carboxylic acids is 1. The Kier molecular flexibility index (Phi) is 5.67. The Morgan fingerprint density at radius 3 is 2.37 bits per heavy atom. The fourth-order valence-electron chi connectivity index (χ4n) is 2.23. The van der Waals surface area contributed by atoms with Crippen LogP contribution in [0.4, 0.5) is 0 Å². The van der Waals surface area contributed by atoms with Gasteiger partial charge < -0.3 is 4.90 Å². The summed E-state index contributed by atoms with van der Waals surface area (Å²) in [5, 5.41) is 1.70. The molecule has 1 aliphatic rings. The minimum absolute atomic E-state index is 0.209. The van der Waals surface area contributed by atoms with E-state index in [1.165, 1.54) is 0 Å². The van der Waals surface area contributed by atoms with Crippen molar-refractivity contribution < 1.29 is 4.79 Å². The van der Waals surface area contributed by atoms with Crippen LogP contribution in [0.3, 0.4) is 0 Å². The fraction of sp³-hybridized carbons (Fsp3) is 0.500. The molecular formula is C14H18BrClN2O. The van der Waals surface area contributed by atoms with Gasteiger partial charge in [-0.15, -0.1) is 0 Å². The molecule has 0 bridgehead atoms. The van der Waals surface area contributed by atoms with Crippen LogP contribution in [-0.4, -0.2) is 53.8 Å². The molecule has 1 aromatic rings. The quantitative estimate of drug-likeness (QED) is 0.783. The Labute approximate surface area is 127 Å². The molecule has 2 rings (SSSR count). The van der Waals surface area contributed by atoms with Crippen LogP contribution < -0.4 is 0 Å². The lowest BCUT2D eigenvalue weighted by Crippen LogP contribution is -2.49. The minimum atomic E-state index is 0.209. The van der Waals surface area contributed by atoms with E-state index in [1.54, 1.807) is 0 Å². The molecule has 1 aromatic carbocycles. The highest BCUT2D eigenvalue weighted by atomic mass is 79.9. The molecule has 1 aliphatic heterocycles. The van der Waals surface area contributed by atoms with Crippen molar-refractivity contribution in [2.45, 2.75) is 6.42 Å². The van der Waals surface area contributed by atoms with E-state index in [0.29, 0.717) is 11.4 Å². The largest absolute Gasteiger partial charge is 0.340 e. The average molecular weight is 346 g/mol. The molecule has 1 saturated heterocycles. The molecule has 0 radical (unpaired) electrons. The second-order valence-electron chi connectivity index (χ2n) is 4.71. The maximum atomic E-state index is 12.2. The Balaban J connectivity index is 1.83.